The molecule has 3 heteroatoms. The van der Waals surface area contributed by atoms with Crippen LogP contribution in [0.15, 0.2) is 31.0 Å². The summed E-state index contributed by atoms with van der Waals surface area (Å²) >= 11 is 0. The van der Waals surface area contributed by atoms with E-state index in [1.165, 1.54) is 6.20 Å². The summed E-state index contributed by atoms with van der Waals surface area (Å²) in [5.74, 6) is 0. The van der Waals surface area contributed by atoms with Gasteiger partial charge in [0, 0.05) is 6.20 Å². The van der Waals surface area contributed by atoms with Gasteiger partial charge < -0.3 is 5.73 Å². The third-order valence-electron chi connectivity index (χ3n) is 1.72. The van der Waals surface area contributed by atoms with Crippen molar-refractivity contribution < 1.29 is 0 Å². The van der Waals surface area contributed by atoms with Crippen LogP contribution in [0.25, 0.3) is 0 Å². The molecule has 1 aromatic heterocycles. The van der Waals surface area contributed by atoms with Crippen LogP contribution in [0, 0.1) is 11.3 Å². The Bertz CT molecular complexity index is 321. The Morgan fingerprint density at radius 2 is 2.46 bits per heavy atom. The maximum Gasteiger partial charge on any atom is 0.101 e. The zero-order valence-electron chi connectivity index (χ0n) is 7.27. The molecule has 0 fully saturated rings. The quantitative estimate of drug-likeness (QED) is 0.705. The van der Waals surface area contributed by atoms with Gasteiger partial charge in [0.05, 0.1) is 17.3 Å². The van der Waals surface area contributed by atoms with Crippen LogP contribution in [0.5, 0.6) is 0 Å². The molecule has 0 bridgehead atoms. The van der Waals surface area contributed by atoms with E-state index in [1.54, 1.807) is 18.2 Å². The first-order chi connectivity index (χ1) is 6.27. The van der Waals surface area contributed by atoms with Crippen molar-refractivity contribution >= 4 is 0 Å². The molecule has 0 spiro atoms. The smallest absolute Gasteiger partial charge is 0.101 e. The van der Waals surface area contributed by atoms with Gasteiger partial charge in [0.1, 0.15) is 6.07 Å². The first kappa shape index (κ1) is 9.43. The normalized spacial score (nSPS) is 11.7. The van der Waals surface area contributed by atoms with E-state index in [1.807, 2.05) is 6.07 Å². The lowest BCUT2D eigenvalue weighted by Gasteiger charge is -2.07. The number of hydrogen-bond acceptors (Lipinski definition) is 3. The van der Waals surface area contributed by atoms with E-state index in [0.29, 0.717) is 12.0 Å². The summed E-state index contributed by atoms with van der Waals surface area (Å²) < 4.78 is 0. The zero-order chi connectivity index (χ0) is 9.68. The summed E-state index contributed by atoms with van der Waals surface area (Å²) in [7, 11) is 0. The van der Waals surface area contributed by atoms with Crippen molar-refractivity contribution in [3.05, 3.63) is 42.2 Å². The summed E-state index contributed by atoms with van der Waals surface area (Å²) in [5.41, 5.74) is 7.12. The van der Waals surface area contributed by atoms with E-state index in [9.17, 15) is 0 Å². The van der Waals surface area contributed by atoms with E-state index in [2.05, 4.69) is 11.6 Å². The van der Waals surface area contributed by atoms with Gasteiger partial charge in [-0.1, -0.05) is 6.08 Å². The minimum absolute atomic E-state index is 0.120. The van der Waals surface area contributed by atoms with Crippen LogP contribution in [0.1, 0.15) is 23.7 Å². The van der Waals surface area contributed by atoms with Gasteiger partial charge in [-0.25, -0.2) is 0 Å². The van der Waals surface area contributed by atoms with Crippen molar-refractivity contribution in [3.63, 3.8) is 0 Å². The molecule has 13 heavy (non-hydrogen) atoms. The third-order valence-corrected chi connectivity index (χ3v) is 1.72. The summed E-state index contributed by atoms with van der Waals surface area (Å²) in [5, 5.41) is 8.53. The Morgan fingerprint density at radius 3 is 2.92 bits per heavy atom. The van der Waals surface area contributed by atoms with Crippen LogP contribution in [0.2, 0.25) is 0 Å². The zero-order valence-corrected chi connectivity index (χ0v) is 7.27. The first-order valence-electron chi connectivity index (χ1n) is 4.00. The molecule has 0 saturated heterocycles. The molecule has 1 atom stereocenters. The van der Waals surface area contributed by atoms with Gasteiger partial charge in [-0.3, -0.25) is 4.98 Å². The summed E-state index contributed by atoms with van der Waals surface area (Å²) in [6.45, 7) is 3.60. The van der Waals surface area contributed by atoms with Gasteiger partial charge in [-0.05, 0) is 18.6 Å². The van der Waals surface area contributed by atoms with Gasteiger partial charge in [-0.15, -0.1) is 6.58 Å². The van der Waals surface area contributed by atoms with Gasteiger partial charge in [0.2, 0.25) is 0 Å². The predicted octanol–water partition coefficient (Wildman–Crippen LogP) is 1.53. The van der Waals surface area contributed by atoms with Gasteiger partial charge in [0.25, 0.3) is 0 Å². The molecule has 66 valence electrons. The van der Waals surface area contributed by atoms with E-state index in [-0.39, 0.29) is 6.04 Å². The molecule has 0 aliphatic carbocycles. The topological polar surface area (TPSA) is 62.7 Å². The van der Waals surface area contributed by atoms with Crippen LogP contribution in [-0.2, 0) is 0 Å². The number of pyridine rings is 1. The summed E-state index contributed by atoms with van der Waals surface area (Å²) in [4.78, 5) is 4.07. The van der Waals surface area contributed by atoms with E-state index < -0.39 is 0 Å². The molecule has 0 radical (unpaired) electrons. The average Bonchev–Trinajstić information content (AvgIpc) is 2.18. The van der Waals surface area contributed by atoms with Crippen molar-refractivity contribution in [2.45, 2.75) is 12.5 Å². The molecule has 1 rings (SSSR count). The Kier molecular flexibility index (Phi) is 3.18. The highest BCUT2D eigenvalue weighted by Gasteiger charge is 2.04. The second kappa shape index (κ2) is 4.39. The number of rotatable bonds is 3. The van der Waals surface area contributed by atoms with Gasteiger partial charge in [0.15, 0.2) is 0 Å². The fraction of sp³-hybridized carbons (Fsp3) is 0.200. The second-order valence-corrected chi connectivity index (χ2v) is 2.71. The number of nitriles is 1. The van der Waals surface area contributed by atoms with Crippen molar-refractivity contribution in [1.82, 2.24) is 4.98 Å². The Hall–Kier alpha value is -1.66. The largest absolute Gasteiger partial charge is 0.322 e. The van der Waals surface area contributed by atoms with Crippen molar-refractivity contribution in [2.75, 3.05) is 0 Å². The lowest BCUT2D eigenvalue weighted by molar-refractivity contribution is 0.713. The van der Waals surface area contributed by atoms with E-state index in [0.717, 1.165) is 5.69 Å². The molecule has 0 saturated carbocycles. The molecule has 0 aliphatic heterocycles. The molecular weight excluding hydrogens is 162 g/mol. The minimum Gasteiger partial charge on any atom is -0.322 e. The molecule has 0 aromatic carbocycles. The third kappa shape index (κ3) is 2.39. The SMILES string of the molecule is C=CCC(N)c1ccc(C#N)cn1. The monoisotopic (exact) mass is 173 g/mol. The highest BCUT2D eigenvalue weighted by atomic mass is 14.8. The number of aromatic nitrogens is 1. The predicted molar refractivity (Wildman–Crippen MR) is 50.7 cm³/mol. The average molecular weight is 173 g/mol. The number of hydrogen-bond donors (Lipinski definition) is 1. The van der Waals surface area contributed by atoms with E-state index in [4.69, 9.17) is 11.0 Å². The lowest BCUT2D eigenvalue weighted by Crippen LogP contribution is -2.10. The molecule has 0 aliphatic rings. The lowest BCUT2D eigenvalue weighted by atomic mass is 10.1. The Labute approximate surface area is 77.5 Å². The van der Waals surface area contributed by atoms with Crippen LogP contribution < -0.4 is 5.73 Å². The maximum absolute atomic E-state index is 8.53. The summed E-state index contributed by atoms with van der Waals surface area (Å²) in [6, 6.07) is 5.37. The van der Waals surface area contributed by atoms with Gasteiger partial charge in [-0.2, -0.15) is 5.26 Å². The van der Waals surface area contributed by atoms with Crippen molar-refractivity contribution in [1.29, 1.82) is 5.26 Å². The Morgan fingerprint density at radius 1 is 1.69 bits per heavy atom. The standard InChI is InChI=1S/C10H11N3/c1-2-3-9(12)10-5-4-8(6-11)7-13-10/h2,4-5,7,9H,1,3,12H2. The minimum atomic E-state index is -0.120. The number of nitrogens with two attached hydrogens (primary N) is 1. The van der Waals surface area contributed by atoms with Gasteiger partial charge >= 0.3 is 0 Å². The molecular formula is C10H11N3. The molecule has 2 N–H and O–H groups in total. The van der Waals surface area contributed by atoms with Crippen molar-refractivity contribution in [3.8, 4) is 6.07 Å². The molecule has 1 aromatic rings. The second-order valence-electron chi connectivity index (χ2n) is 2.71. The van der Waals surface area contributed by atoms with Crippen molar-refractivity contribution in [2.24, 2.45) is 5.73 Å². The maximum atomic E-state index is 8.53. The first-order valence-corrected chi connectivity index (χ1v) is 4.00. The fourth-order valence-electron chi connectivity index (χ4n) is 0.991. The molecule has 3 nitrogen and oxygen atoms in total. The van der Waals surface area contributed by atoms with Crippen LogP contribution in [0.4, 0.5) is 0 Å². The number of nitrogens with zero attached hydrogens (tertiary/aromatic N) is 2. The highest BCUT2D eigenvalue weighted by Crippen LogP contribution is 2.11. The summed E-state index contributed by atoms with van der Waals surface area (Å²) in [6.07, 6.45) is 3.97. The van der Waals surface area contributed by atoms with Crippen LogP contribution in [-0.4, -0.2) is 4.98 Å². The van der Waals surface area contributed by atoms with E-state index >= 15 is 0 Å². The molecule has 1 heterocycles. The highest BCUT2D eigenvalue weighted by molar-refractivity contribution is 5.27. The van der Waals surface area contributed by atoms with Crippen LogP contribution >= 0.6 is 0 Å². The van der Waals surface area contributed by atoms with Crippen LogP contribution in [0.3, 0.4) is 0 Å². The molecule has 1 unspecified atom stereocenters. The fourth-order valence-corrected chi connectivity index (χ4v) is 0.991. The molecule has 0 amide bonds. The Balaban J connectivity index is 2.80.